The van der Waals surface area contributed by atoms with Gasteiger partial charge in [0.1, 0.15) is 12.1 Å². The molecule has 4 aromatic rings. The van der Waals surface area contributed by atoms with Crippen molar-refractivity contribution >= 4 is 60.0 Å². The van der Waals surface area contributed by atoms with Crippen LogP contribution in [-0.2, 0) is 0 Å². The zero-order chi connectivity index (χ0) is 16.7. The Balaban J connectivity index is 2.05. The molecule has 7 heteroatoms. The summed E-state index contributed by atoms with van der Waals surface area (Å²) in [6.45, 7) is 0. The van der Waals surface area contributed by atoms with E-state index in [1.807, 2.05) is 36.4 Å². The van der Waals surface area contributed by atoms with E-state index in [-0.39, 0.29) is 0 Å². The molecule has 118 valence electrons. The van der Waals surface area contributed by atoms with Crippen molar-refractivity contribution in [2.45, 2.75) is 0 Å². The van der Waals surface area contributed by atoms with Gasteiger partial charge in [-0.1, -0.05) is 28.1 Å². The fraction of sp³-hybridized carbons (Fsp3) is 0. The summed E-state index contributed by atoms with van der Waals surface area (Å²) in [6.07, 6.45) is 1.45. The first kappa shape index (κ1) is 15.7. The average Bonchev–Trinajstić information content (AvgIpc) is 3.01. The van der Waals surface area contributed by atoms with Crippen LogP contribution in [0.25, 0.3) is 32.7 Å². The highest BCUT2D eigenvalue weighted by Gasteiger charge is 2.14. The SMILES string of the molecule is Nc1ncnc2nc(-c3ccc(Br)s3)cc(-c3cccc(Br)c3)c12. The molecule has 0 aliphatic heterocycles. The number of rotatable bonds is 2. The minimum atomic E-state index is 0.432. The molecule has 0 radical (unpaired) electrons. The van der Waals surface area contributed by atoms with E-state index >= 15 is 0 Å². The van der Waals surface area contributed by atoms with Crippen LogP contribution in [0.15, 0.2) is 57.1 Å². The molecule has 0 fully saturated rings. The van der Waals surface area contributed by atoms with Gasteiger partial charge in [-0.2, -0.15) is 0 Å². The van der Waals surface area contributed by atoms with Gasteiger partial charge < -0.3 is 5.73 Å². The Bertz CT molecular complexity index is 1060. The minimum absolute atomic E-state index is 0.432. The lowest BCUT2D eigenvalue weighted by Gasteiger charge is -2.10. The third-order valence-electron chi connectivity index (χ3n) is 3.59. The third-order valence-corrected chi connectivity index (χ3v) is 5.73. The van der Waals surface area contributed by atoms with E-state index in [0.717, 1.165) is 35.3 Å². The van der Waals surface area contributed by atoms with Crippen LogP contribution in [0.2, 0.25) is 0 Å². The molecular formula is C17H10Br2N4S. The van der Waals surface area contributed by atoms with Gasteiger partial charge in [-0.3, -0.25) is 0 Å². The Labute approximate surface area is 159 Å². The molecule has 24 heavy (non-hydrogen) atoms. The van der Waals surface area contributed by atoms with Crippen molar-refractivity contribution in [1.29, 1.82) is 0 Å². The Hall–Kier alpha value is -1.83. The molecule has 0 bridgehead atoms. The van der Waals surface area contributed by atoms with E-state index in [4.69, 9.17) is 5.73 Å². The molecule has 1 aromatic carbocycles. The number of nitrogens with two attached hydrogens (primary N) is 1. The second kappa shape index (κ2) is 6.23. The number of nitrogen functional groups attached to an aromatic ring is 1. The van der Waals surface area contributed by atoms with Crippen molar-refractivity contribution in [2.75, 3.05) is 5.73 Å². The quantitative estimate of drug-likeness (QED) is 0.426. The predicted molar refractivity (Wildman–Crippen MR) is 106 cm³/mol. The van der Waals surface area contributed by atoms with E-state index in [1.165, 1.54) is 6.33 Å². The highest BCUT2D eigenvalue weighted by Crippen LogP contribution is 2.37. The zero-order valence-corrected chi connectivity index (χ0v) is 16.2. The molecule has 0 saturated carbocycles. The Morgan fingerprint density at radius 1 is 1.00 bits per heavy atom. The summed E-state index contributed by atoms with van der Waals surface area (Å²) in [5, 5.41) is 0.773. The molecule has 0 atom stereocenters. The van der Waals surface area contributed by atoms with Crippen molar-refractivity contribution in [1.82, 2.24) is 15.0 Å². The van der Waals surface area contributed by atoms with Crippen LogP contribution in [0.3, 0.4) is 0 Å². The highest BCUT2D eigenvalue weighted by atomic mass is 79.9. The Morgan fingerprint density at radius 3 is 2.62 bits per heavy atom. The van der Waals surface area contributed by atoms with E-state index in [0.29, 0.717) is 11.5 Å². The predicted octanol–water partition coefficient (Wildman–Crippen LogP) is 5.53. The van der Waals surface area contributed by atoms with Crippen LogP contribution < -0.4 is 5.73 Å². The third kappa shape index (κ3) is 2.83. The summed E-state index contributed by atoms with van der Waals surface area (Å²) in [4.78, 5) is 14.2. The molecule has 3 heterocycles. The first-order valence-corrected chi connectivity index (χ1v) is 9.45. The molecule has 4 rings (SSSR count). The van der Waals surface area contributed by atoms with Gasteiger partial charge in [-0.05, 0) is 57.4 Å². The maximum absolute atomic E-state index is 6.12. The molecule has 2 N–H and O–H groups in total. The average molecular weight is 462 g/mol. The van der Waals surface area contributed by atoms with Crippen LogP contribution in [-0.4, -0.2) is 15.0 Å². The van der Waals surface area contributed by atoms with Crippen molar-refractivity contribution in [3.8, 4) is 21.7 Å². The number of halogens is 2. The summed E-state index contributed by atoms with van der Waals surface area (Å²) in [5.74, 6) is 0.432. The van der Waals surface area contributed by atoms with Crippen molar-refractivity contribution in [2.24, 2.45) is 0 Å². The van der Waals surface area contributed by atoms with Crippen molar-refractivity contribution in [3.63, 3.8) is 0 Å². The molecule has 0 unspecified atom stereocenters. The van der Waals surface area contributed by atoms with Crippen LogP contribution in [0, 0.1) is 0 Å². The van der Waals surface area contributed by atoms with Gasteiger partial charge in [0.2, 0.25) is 0 Å². The summed E-state index contributed by atoms with van der Waals surface area (Å²) in [6, 6.07) is 14.2. The van der Waals surface area contributed by atoms with Gasteiger partial charge >= 0.3 is 0 Å². The lowest BCUT2D eigenvalue weighted by atomic mass is 10.0. The smallest absolute Gasteiger partial charge is 0.165 e. The minimum Gasteiger partial charge on any atom is -0.383 e. The first-order valence-electron chi connectivity index (χ1n) is 7.05. The number of hydrogen-bond donors (Lipinski definition) is 1. The topological polar surface area (TPSA) is 64.7 Å². The highest BCUT2D eigenvalue weighted by molar-refractivity contribution is 9.11. The molecule has 4 nitrogen and oxygen atoms in total. The Morgan fingerprint density at radius 2 is 1.88 bits per heavy atom. The van der Waals surface area contributed by atoms with E-state index in [2.05, 4.69) is 52.9 Å². The lowest BCUT2D eigenvalue weighted by molar-refractivity contribution is 1.19. The maximum Gasteiger partial charge on any atom is 0.165 e. The fourth-order valence-corrected chi connectivity index (χ4v) is 4.30. The van der Waals surface area contributed by atoms with Gasteiger partial charge in [-0.15, -0.1) is 11.3 Å². The number of benzene rings is 1. The molecule has 3 aromatic heterocycles. The monoisotopic (exact) mass is 460 g/mol. The standard InChI is InChI=1S/C17H10Br2N4S/c18-10-3-1-2-9(6-10)11-7-12(13-4-5-14(19)24-13)23-17-15(11)16(20)21-8-22-17/h1-8H,(H2,20,21,22,23). The number of aromatic nitrogens is 3. The van der Waals surface area contributed by atoms with Crippen LogP contribution in [0.1, 0.15) is 0 Å². The van der Waals surface area contributed by atoms with Gasteiger partial charge in [0.15, 0.2) is 5.65 Å². The summed E-state index contributed by atoms with van der Waals surface area (Å²) >= 11 is 8.66. The van der Waals surface area contributed by atoms with Gasteiger partial charge in [0.05, 0.1) is 19.7 Å². The molecule has 0 amide bonds. The van der Waals surface area contributed by atoms with Crippen molar-refractivity contribution in [3.05, 3.63) is 57.1 Å². The largest absolute Gasteiger partial charge is 0.383 e. The van der Waals surface area contributed by atoms with Gasteiger partial charge in [-0.25, -0.2) is 15.0 Å². The normalized spacial score (nSPS) is 11.1. The molecule has 0 aliphatic carbocycles. The van der Waals surface area contributed by atoms with E-state index in [1.54, 1.807) is 11.3 Å². The van der Waals surface area contributed by atoms with Crippen LogP contribution in [0.5, 0.6) is 0 Å². The summed E-state index contributed by atoms with van der Waals surface area (Å²) < 4.78 is 2.06. The molecular weight excluding hydrogens is 452 g/mol. The number of thiophene rings is 1. The van der Waals surface area contributed by atoms with E-state index < -0.39 is 0 Å². The Kier molecular flexibility index (Phi) is 4.07. The molecule has 0 spiro atoms. The van der Waals surface area contributed by atoms with Crippen LogP contribution in [0.4, 0.5) is 5.82 Å². The van der Waals surface area contributed by atoms with Crippen LogP contribution >= 0.6 is 43.2 Å². The summed E-state index contributed by atoms with van der Waals surface area (Å²) in [5.41, 5.74) is 9.59. The van der Waals surface area contributed by atoms with Gasteiger partial charge in [0, 0.05) is 4.47 Å². The zero-order valence-electron chi connectivity index (χ0n) is 12.2. The van der Waals surface area contributed by atoms with E-state index in [9.17, 15) is 0 Å². The lowest BCUT2D eigenvalue weighted by Crippen LogP contribution is -1.98. The number of anilines is 1. The van der Waals surface area contributed by atoms with Gasteiger partial charge in [0.25, 0.3) is 0 Å². The maximum atomic E-state index is 6.12. The second-order valence-corrected chi connectivity index (χ2v) is 8.51. The molecule has 0 saturated heterocycles. The molecule has 0 aliphatic rings. The second-order valence-electron chi connectivity index (χ2n) is 5.13. The summed E-state index contributed by atoms with van der Waals surface area (Å²) in [7, 11) is 0. The first-order chi connectivity index (χ1) is 11.6. The number of pyridine rings is 1. The number of hydrogen-bond acceptors (Lipinski definition) is 5. The number of nitrogens with zero attached hydrogens (tertiary/aromatic N) is 3. The number of fused-ring (bicyclic) bond motifs is 1. The van der Waals surface area contributed by atoms with Crippen molar-refractivity contribution < 1.29 is 0 Å². The fourth-order valence-electron chi connectivity index (χ4n) is 2.55.